The topological polar surface area (TPSA) is 60.8 Å². The molecule has 0 saturated heterocycles. The van der Waals surface area contributed by atoms with E-state index in [1.54, 1.807) is 11.0 Å². The van der Waals surface area contributed by atoms with Crippen molar-refractivity contribution in [3.05, 3.63) is 28.8 Å². The Balaban J connectivity index is 1.74. The lowest BCUT2D eigenvalue weighted by Crippen LogP contribution is -2.51. The van der Waals surface area contributed by atoms with Gasteiger partial charge in [0.2, 0.25) is 5.91 Å². The van der Waals surface area contributed by atoms with E-state index in [1.807, 2.05) is 20.2 Å². The first-order valence-corrected chi connectivity index (χ1v) is 9.96. The van der Waals surface area contributed by atoms with Crippen molar-refractivity contribution >= 4 is 5.91 Å². The first kappa shape index (κ1) is 17.8. The van der Waals surface area contributed by atoms with Crippen LogP contribution in [0.2, 0.25) is 0 Å². The molecule has 3 aliphatic carbocycles. The molecule has 0 bridgehead atoms. The molecule has 0 heterocycles. The van der Waals surface area contributed by atoms with E-state index in [4.69, 9.17) is 0 Å². The summed E-state index contributed by atoms with van der Waals surface area (Å²) in [6, 6.07) is 3.76. The summed E-state index contributed by atoms with van der Waals surface area (Å²) in [6.07, 6.45) is 4.10. The lowest BCUT2D eigenvalue weighted by atomic mass is 9.52. The number of aryl methyl sites for hydroxylation is 1. The third-order valence-electron chi connectivity index (χ3n) is 7.80. The molecule has 0 aliphatic heterocycles. The lowest BCUT2D eigenvalue weighted by Gasteiger charge is -2.53. The summed E-state index contributed by atoms with van der Waals surface area (Å²) >= 11 is 0. The van der Waals surface area contributed by atoms with Crippen LogP contribution < -0.4 is 0 Å². The molecule has 26 heavy (non-hydrogen) atoms. The van der Waals surface area contributed by atoms with Gasteiger partial charge in [-0.15, -0.1) is 0 Å². The molecule has 4 nitrogen and oxygen atoms in total. The van der Waals surface area contributed by atoms with Gasteiger partial charge in [0.15, 0.2) is 0 Å². The average Bonchev–Trinajstić information content (AvgIpc) is 2.93. The number of phenolic OH excluding ortho intramolecular Hbond substituents is 1. The highest BCUT2D eigenvalue weighted by Gasteiger charge is 2.59. The summed E-state index contributed by atoms with van der Waals surface area (Å²) in [5.74, 6) is 1.57. The molecule has 0 radical (unpaired) electrons. The number of aliphatic hydroxyl groups excluding tert-OH is 1. The number of rotatable bonds is 1. The Bertz CT molecular complexity index is 743. The highest BCUT2D eigenvalue weighted by molar-refractivity contribution is 5.79. The van der Waals surface area contributed by atoms with E-state index in [1.165, 1.54) is 11.1 Å². The van der Waals surface area contributed by atoms with Crippen molar-refractivity contribution in [1.29, 1.82) is 0 Å². The summed E-state index contributed by atoms with van der Waals surface area (Å²) in [6.45, 7) is 4.33. The number of amides is 1. The maximum atomic E-state index is 12.8. The molecule has 1 aromatic rings. The molecule has 2 saturated carbocycles. The third kappa shape index (κ3) is 2.34. The normalized spacial score (nSPS) is 38.3. The van der Waals surface area contributed by atoms with Crippen LogP contribution in [0.3, 0.4) is 0 Å². The summed E-state index contributed by atoms with van der Waals surface area (Å²) in [7, 11) is 3.67. The van der Waals surface area contributed by atoms with Gasteiger partial charge in [-0.2, -0.15) is 0 Å². The van der Waals surface area contributed by atoms with E-state index < -0.39 is 6.10 Å². The molecule has 0 aromatic heterocycles. The van der Waals surface area contributed by atoms with Crippen LogP contribution in [0.1, 0.15) is 55.2 Å². The number of aliphatic hydroxyl groups is 1. The maximum absolute atomic E-state index is 12.8. The first-order valence-electron chi connectivity index (χ1n) is 9.96. The zero-order valence-corrected chi connectivity index (χ0v) is 16.3. The van der Waals surface area contributed by atoms with Gasteiger partial charge in [-0.05, 0) is 79.0 Å². The van der Waals surface area contributed by atoms with Gasteiger partial charge in [0.1, 0.15) is 5.75 Å². The standard InChI is InChI=1S/C22H31NO3/c1-12-5-10-17(24)14-7-6-13-15-8-9-16(21(26)23(3)4)22(15,2)11-18(25)20(13)19(12)14/h5,10,13,15-16,18,20,24-25H,6-9,11H2,1-4H3. The minimum Gasteiger partial charge on any atom is -0.508 e. The largest absolute Gasteiger partial charge is 0.508 e. The Morgan fingerprint density at radius 3 is 2.65 bits per heavy atom. The molecular weight excluding hydrogens is 326 g/mol. The van der Waals surface area contributed by atoms with Crippen molar-refractivity contribution in [2.45, 2.75) is 58.0 Å². The molecule has 0 spiro atoms. The van der Waals surface area contributed by atoms with Crippen molar-refractivity contribution in [2.24, 2.45) is 23.2 Å². The number of hydrogen-bond donors (Lipinski definition) is 2. The zero-order chi connectivity index (χ0) is 18.8. The second-order valence-electron chi connectivity index (χ2n) is 9.27. The Morgan fingerprint density at radius 1 is 1.23 bits per heavy atom. The molecule has 1 aromatic carbocycles. The first-order chi connectivity index (χ1) is 12.3. The molecular formula is C22H31NO3. The van der Waals surface area contributed by atoms with Gasteiger partial charge in [-0.25, -0.2) is 0 Å². The molecule has 2 fully saturated rings. The van der Waals surface area contributed by atoms with Crippen LogP contribution in [0.25, 0.3) is 0 Å². The van der Waals surface area contributed by atoms with Crippen LogP contribution in [0.15, 0.2) is 12.1 Å². The van der Waals surface area contributed by atoms with Crippen LogP contribution in [0.4, 0.5) is 0 Å². The van der Waals surface area contributed by atoms with Gasteiger partial charge in [-0.3, -0.25) is 4.79 Å². The SMILES string of the molecule is Cc1ccc(O)c2c1C1C(O)CC3(C)C(C(=O)N(C)C)CCC3C1CC2. The third-order valence-corrected chi connectivity index (χ3v) is 7.80. The molecule has 4 rings (SSSR count). The van der Waals surface area contributed by atoms with Gasteiger partial charge in [0.05, 0.1) is 6.10 Å². The predicted molar refractivity (Wildman–Crippen MR) is 101 cm³/mol. The van der Waals surface area contributed by atoms with Crippen molar-refractivity contribution in [3.63, 3.8) is 0 Å². The predicted octanol–water partition coefficient (Wildman–Crippen LogP) is 3.23. The van der Waals surface area contributed by atoms with Gasteiger partial charge >= 0.3 is 0 Å². The summed E-state index contributed by atoms with van der Waals surface area (Å²) in [4.78, 5) is 14.5. The second kappa shape index (κ2) is 5.98. The van der Waals surface area contributed by atoms with Crippen molar-refractivity contribution in [3.8, 4) is 5.75 Å². The van der Waals surface area contributed by atoms with E-state index in [9.17, 15) is 15.0 Å². The maximum Gasteiger partial charge on any atom is 0.225 e. The fraction of sp³-hybridized carbons (Fsp3) is 0.682. The van der Waals surface area contributed by atoms with E-state index in [2.05, 4.69) is 13.8 Å². The van der Waals surface area contributed by atoms with Crippen LogP contribution in [-0.4, -0.2) is 41.2 Å². The van der Waals surface area contributed by atoms with Gasteiger partial charge < -0.3 is 15.1 Å². The van der Waals surface area contributed by atoms with Crippen molar-refractivity contribution in [1.82, 2.24) is 4.90 Å². The molecule has 142 valence electrons. The van der Waals surface area contributed by atoms with Crippen molar-refractivity contribution in [2.75, 3.05) is 14.1 Å². The Kier molecular flexibility index (Phi) is 4.11. The van der Waals surface area contributed by atoms with Crippen LogP contribution in [0, 0.1) is 30.1 Å². The highest BCUT2D eigenvalue weighted by Crippen LogP contribution is 2.63. The van der Waals surface area contributed by atoms with Crippen LogP contribution in [-0.2, 0) is 11.2 Å². The van der Waals surface area contributed by atoms with Crippen LogP contribution in [0.5, 0.6) is 5.75 Å². The number of carbonyl (C=O) groups is 1. The van der Waals surface area contributed by atoms with Gasteiger partial charge in [-0.1, -0.05) is 13.0 Å². The Hall–Kier alpha value is -1.55. The molecule has 6 atom stereocenters. The van der Waals surface area contributed by atoms with E-state index in [-0.39, 0.29) is 23.2 Å². The average molecular weight is 357 g/mol. The fourth-order valence-corrected chi connectivity index (χ4v) is 6.69. The lowest BCUT2D eigenvalue weighted by molar-refractivity contribution is -0.140. The molecule has 3 aliphatic rings. The monoisotopic (exact) mass is 357 g/mol. The quantitative estimate of drug-likeness (QED) is 0.811. The highest BCUT2D eigenvalue weighted by atomic mass is 16.3. The van der Waals surface area contributed by atoms with Crippen LogP contribution >= 0.6 is 0 Å². The number of nitrogens with zero attached hydrogens (tertiary/aromatic N) is 1. The van der Waals surface area contributed by atoms with E-state index in [0.717, 1.165) is 31.2 Å². The van der Waals surface area contributed by atoms with E-state index in [0.29, 0.717) is 24.0 Å². The number of benzene rings is 1. The zero-order valence-electron chi connectivity index (χ0n) is 16.3. The number of carbonyl (C=O) groups excluding carboxylic acids is 1. The fourth-order valence-electron chi connectivity index (χ4n) is 6.69. The Labute approximate surface area is 156 Å². The number of hydrogen-bond acceptors (Lipinski definition) is 3. The van der Waals surface area contributed by atoms with Gasteiger partial charge in [0.25, 0.3) is 0 Å². The van der Waals surface area contributed by atoms with Crippen molar-refractivity contribution < 1.29 is 15.0 Å². The molecule has 2 N–H and O–H groups in total. The molecule has 6 unspecified atom stereocenters. The minimum absolute atomic E-state index is 0.0183. The summed E-state index contributed by atoms with van der Waals surface area (Å²) in [5.41, 5.74) is 3.27. The minimum atomic E-state index is -0.448. The molecule has 4 heteroatoms. The summed E-state index contributed by atoms with van der Waals surface area (Å²) in [5, 5.41) is 21.5. The number of aromatic hydroxyl groups is 1. The van der Waals surface area contributed by atoms with Gasteiger partial charge in [0, 0.05) is 25.9 Å². The Morgan fingerprint density at radius 2 is 1.96 bits per heavy atom. The summed E-state index contributed by atoms with van der Waals surface area (Å²) < 4.78 is 0. The smallest absolute Gasteiger partial charge is 0.225 e. The molecule has 1 amide bonds. The number of phenols is 1. The van der Waals surface area contributed by atoms with E-state index >= 15 is 0 Å². The second-order valence-corrected chi connectivity index (χ2v) is 9.27. The number of fused-ring (bicyclic) bond motifs is 5.